The van der Waals surface area contributed by atoms with Crippen molar-refractivity contribution in [3.8, 4) is 0 Å². The van der Waals surface area contributed by atoms with Crippen molar-refractivity contribution >= 4 is 11.9 Å². The normalized spacial score (nSPS) is 38.5. The minimum atomic E-state index is -0.800. The van der Waals surface area contributed by atoms with Crippen LogP contribution in [0.3, 0.4) is 0 Å². The number of ether oxygens (including phenoxy) is 2. The SMILES string of the molecule is CCOC(=O)C(F)=C1CC[C@H]2[C@@H]3CC(C)=C4C=C(OC(C)=O)CC[C@]4(C)[C@H]3CC[C@]12C. The molecule has 0 bridgehead atoms. The molecule has 0 aromatic heterocycles. The monoisotopic (exact) mass is 430 g/mol. The molecule has 0 aliphatic heterocycles. The third-order valence-electron chi connectivity index (χ3n) is 8.85. The topological polar surface area (TPSA) is 52.6 Å². The van der Waals surface area contributed by atoms with Gasteiger partial charge in [0.15, 0.2) is 0 Å². The van der Waals surface area contributed by atoms with Crippen LogP contribution in [0.15, 0.2) is 34.4 Å². The maximum atomic E-state index is 15.0. The molecule has 0 aromatic rings. The van der Waals surface area contributed by atoms with Crippen LogP contribution < -0.4 is 0 Å². The van der Waals surface area contributed by atoms with Crippen LogP contribution in [0.4, 0.5) is 4.39 Å². The van der Waals surface area contributed by atoms with Crippen molar-refractivity contribution in [3.05, 3.63) is 34.4 Å². The van der Waals surface area contributed by atoms with Crippen molar-refractivity contribution in [2.24, 2.45) is 28.6 Å². The van der Waals surface area contributed by atoms with E-state index in [2.05, 4.69) is 26.8 Å². The molecule has 4 aliphatic carbocycles. The second-order valence-electron chi connectivity index (χ2n) is 10.4. The van der Waals surface area contributed by atoms with Crippen LogP contribution in [0, 0.1) is 28.6 Å². The van der Waals surface area contributed by atoms with Gasteiger partial charge >= 0.3 is 11.9 Å². The van der Waals surface area contributed by atoms with Gasteiger partial charge in [-0.15, -0.1) is 0 Å². The lowest BCUT2D eigenvalue weighted by Gasteiger charge is -2.57. The van der Waals surface area contributed by atoms with Crippen molar-refractivity contribution in [1.29, 1.82) is 0 Å². The fraction of sp³-hybridized carbons (Fsp3) is 0.692. The Morgan fingerprint density at radius 2 is 1.84 bits per heavy atom. The Bertz CT molecular complexity index is 897. The van der Waals surface area contributed by atoms with E-state index in [1.165, 1.54) is 18.1 Å². The highest BCUT2D eigenvalue weighted by atomic mass is 19.1. The Hall–Kier alpha value is -1.91. The van der Waals surface area contributed by atoms with Gasteiger partial charge in [-0.1, -0.05) is 19.4 Å². The Morgan fingerprint density at radius 1 is 1.13 bits per heavy atom. The Kier molecular flexibility index (Phi) is 5.68. The molecule has 0 N–H and O–H groups in total. The highest BCUT2D eigenvalue weighted by molar-refractivity contribution is 5.87. The first kappa shape index (κ1) is 22.3. The Labute approximate surface area is 184 Å². The molecular formula is C26H35FO4. The number of hydrogen-bond donors (Lipinski definition) is 0. The summed E-state index contributed by atoms with van der Waals surface area (Å²) < 4.78 is 25.4. The van der Waals surface area contributed by atoms with Crippen LogP contribution in [0.5, 0.6) is 0 Å². The van der Waals surface area contributed by atoms with Crippen molar-refractivity contribution in [3.63, 3.8) is 0 Å². The first-order valence-electron chi connectivity index (χ1n) is 11.8. The zero-order chi connectivity index (χ0) is 22.6. The lowest BCUT2D eigenvalue weighted by atomic mass is 9.47. The number of carbonyl (C=O) groups is 2. The van der Waals surface area contributed by atoms with Gasteiger partial charge in [0, 0.05) is 13.3 Å². The van der Waals surface area contributed by atoms with Gasteiger partial charge in [-0.25, -0.2) is 4.79 Å². The molecule has 4 nitrogen and oxygen atoms in total. The molecule has 0 radical (unpaired) electrons. The zero-order valence-electron chi connectivity index (χ0n) is 19.5. The lowest BCUT2D eigenvalue weighted by Crippen LogP contribution is -2.49. The average molecular weight is 431 g/mol. The predicted octanol–water partition coefficient (Wildman–Crippen LogP) is 6.18. The standard InChI is InChI=1S/C26H35FO4/c1-6-30-24(29)23(27)21-8-7-19-18-13-15(2)22-14-17(31-16(3)28)9-11-26(22,5)20(18)10-12-25(19,21)4/h14,18-20H,6-13H2,1-5H3/t18-,19-,20-,25-,26+/m0/s1. The summed E-state index contributed by atoms with van der Waals surface area (Å²) in [5.41, 5.74) is 3.18. The molecule has 0 heterocycles. The van der Waals surface area contributed by atoms with Crippen molar-refractivity contribution < 1.29 is 23.5 Å². The third-order valence-corrected chi connectivity index (χ3v) is 8.85. The van der Waals surface area contributed by atoms with Crippen molar-refractivity contribution in [2.45, 2.75) is 79.6 Å². The number of rotatable bonds is 3. The van der Waals surface area contributed by atoms with Crippen molar-refractivity contribution in [2.75, 3.05) is 6.61 Å². The van der Waals surface area contributed by atoms with Gasteiger partial charge in [-0.2, -0.15) is 4.39 Å². The molecule has 2 saturated carbocycles. The van der Waals surface area contributed by atoms with Gasteiger partial charge in [-0.3, -0.25) is 4.79 Å². The number of fused-ring (bicyclic) bond motifs is 5. The van der Waals surface area contributed by atoms with Crippen LogP contribution in [0.2, 0.25) is 0 Å². The summed E-state index contributed by atoms with van der Waals surface area (Å²) in [5.74, 6) is 0.476. The molecule has 0 saturated heterocycles. The van der Waals surface area contributed by atoms with Gasteiger partial charge in [-0.05, 0) is 98.2 Å². The molecule has 5 atom stereocenters. The molecule has 0 aromatic carbocycles. The minimum Gasteiger partial charge on any atom is -0.461 e. The molecule has 0 spiro atoms. The third kappa shape index (κ3) is 3.48. The number of esters is 2. The maximum Gasteiger partial charge on any atom is 0.367 e. The van der Waals surface area contributed by atoms with E-state index in [1.54, 1.807) is 6.92 Å². The lowest BCUT2D eigenvalue weighted by molar-refractivity contribution is -0.140. The van der Waals surface area contributed by atoms with E-state index in [9.17, 15) is 9.59 Å². The van der Waals surface area contributed by atoms with Gasteiger partial charge in [0.1, 0.15) is 5.76 Å². The van der Waals surface area contributed by atoms with Gasteiger partial charge in [0.05, 0.1) is 6.61 Å². The summed E-state index contributed by atoms with van der Waals surface area (Å²) in [7, 11) is 0. The summed E-state index contributed by atoms with van der Waals surface area (Å²) in [6.07, 6.45) is 8.39. The first-order valence-corrected chi connectivity index (χ1v) is 11.8. The number of allylic oxidation sites excluding steroid dienone is 5. The van der Waals surface area contributed by atoms with Crippen LogP contribution in [-0.2, 0) is 19.1 Å². The average Bonchev–Trinajstić information content (AvgIpc) is 3.05. The molecule has 5 heteroatoms. The van der Waals surface area contributed by atoms with E-state index >= 15 is 4.39 Å². The summed E-state index contributed by atoms with van der Waals surface area (Å²) in [5, 5.41) is 0. The highest BCUT2D eigenvalue weighted by Crippen LogP contribution is 2.67. The summed E-state index contributed by atoms with van der Waals surface area (Å²) in [6.45, 7) is 10.1. The number of carbonyl (C=O) groups excluding carboxylic acids is 2. The predicted molar refractivity (Wildman–Crippen MR) is 116 cm³/mol. The van der Waals surface area contributed by atoms with Crippen LogP contribution >= 0.6 is 0 Å². The fourth-order valence-electron chi connectivity index (χ4n) is 7.49. The number of hydrogen-bond acceptors (Lipinski definition) is 4. The van der Waals surface area contributed by atoms with Crippen LogP contribution in [0.25, 0.3) is 0 Å². The summed E-state index contributed by atoms with van der Waals surface area (Å²) in [6, 6.07) is 0. The van der Waals surface area contributed by atoms with E-state index in [4.69, 9.17) is 9.47 Å². The van der Waals surface area contributed by atoms with Crippen LogP contribution in [-0.4, -0.2) is 18.5 Å². The summed E-state index contributed by atoms with van der Waals surface area (Å²) >= 11 is 0. The summed E-state index contributed by atoms with van der Waals surface area (Å²) in [4.78, 5) is 23.6. The van der Waals surface area contributed by atoms with Crippen molar-refractivity contribution in [1.82, 2.24) is 0 Å². The smallest absolute Gasteiger partial charge is 0.367 e. The molecule has 2 fully saturated rings. The van der Waals surface area contributed by atoms with Gasteiger partial charge < -0.3 is 9.47 Å². The molecule has 0 amide bonds. The van der Waals surface area contributed by atoms with E-state index in [0.717, 1.165) is 44.3 Å². The van der Waals surface area contributed by atoms with E-state index in [0.29, 0.717) is 29.7 Å². The molecule has 4 aliphatic rings. The fourth-order valence-corrected chi connectivity index (χ4v) is 7.49. The minimum absolute atomic E-state index is 0.0597. The van der Waals surface area contributed by atoms with Gasteiger partial charge in [0.25, 0.3) is 0 Å². The second kappa shape index (κ2) is 7.90. The quantitative estimate of drug-likeness (QED) is 0.396. The van der Waals surface area contributed by atoms with E-state index in [-0.39, 0.29) is 23.4 Å². The maximum absolute atomic E-state index is 15.0. The molecular weight excluding hydrogens is 395 g/mol. The molecule has 0 unspecified atom stereocenters. The Balaban J connectivity index is 1.67. The second-order valence-corrected chi connectivity index (χ2v) is 10.4. The zero-order valence-corrected chi connectivity index (χ0v) is 19.5. The van der Waals surface area contributed by atoms with E-state index in [1.807, 2.05) is 0 Å². The first-order chi connectivity index (χ1) is 14.6. The largest absolute Gasteiger partial charge is 0.461 e. The molecule has 4 rings (SSSR count). The number of halogens is 1. The van der Waals surface area contributed by atoms with Crippen LogP contribution in [0.1, 0.15) is 79.6 Å². The Morgan fingerprint density at radius 3 is 2.52 bits per heavy atom. The molecule has 170 valence electrons. The van der Waals surface area contributed by atoms with Gasteiger partial charge in [0.2, 0.25) is 5.83 Å². The highest BCUT2D eigenvalue weighted by Gasteiger charge is 2.58. The van der Waals surface area contributed by atoms with E-state index < -0.39 is 11.8 Å². The molecule has 31 heavy (non-hydrogen) atoms.